The summed E-state index contributed by atoms with van der Waals surface area (Å²) in [6, 6.07) is 12.5. The third-order valence-corrected chi connectivity index (χ3v) is 7.06. The number of nitrogens with one attached hydrogen (secondary N) is 2. The molecule has 39 heavy (non-hydrogen) atoms. The first-order valence-corrected chi connectivity index (χ1v) is 12.8. The summed E-state index contributed by atoms with van der Waals surface area (Å²) >= 11 is 1.51. The van der Waals surface area contributed by atoms with Crippen molar-refractivity contribution in [3.63, 3.8) is 0 Å². The predicted molar refractivity (Wildman–Crippen MR) is 143 cm³/mol. The average molecular weight is 554 g/mol. The van der Waals surface area contributed by atoms with Crippen molar-refractivity contribution in [3.8, 4) is 0 Å². The van der Waals surface area contributed by atoms with E-state index in [1.807, 2.05) is 18.4 Å². The highest BCUT2D eigenvalue weighted by molar-refractivity contribution is 7.17. The normalized spacial score (nSPS) is 11.7. The Morgan fingerprint density at radius 1 is 1.03 bits per heavy atom. The number of aryl methyl sites for hydroxylation is 2. The SMILES string of the molecule is CCc1nn(CC(=O)Nc2cc(C(=O)Nc3cccc(C(F)(F)F)c3)ccc2C)c(=O)c2cc3sccc3n12. The van der Waals surface area contributed by atoms with Crippen molar-refractivity contribution < 1.29 is 22.8 Å². The van der Waals surface area contributed by atoms with Crippen LogP contribution in [-0.2, 0) is 23.9 Å². The molecule has 5 aromatic rings. The van der Waals surface area contributed by atoms with Gasteiger partial charge in [0.25, 0.3) is 11.5 Å². The van der Waals surface area contributed by atoms with Gasteiger partial charge < -0.3 is 10.6 Å². The van der Waals surface area contributed by atoms with Gasteiger partial charge in [-0.15, -0.1) is 11.3 Å². The Balaban J connectivity index is 1.36. The molecular weight excluding hydrogens is 531 g/mol. The van der Waals surface area contributed by atoms with E-state index >= 15 is 0 Å². The number of thiophene rings is 1. The van der Waals surface area contributed by atoms with Gasteiger partial charge >= 0.3 is 6.18 Å². The van der Waals surface area contributed by atoms with Gasteiger partial charge in [-0.25, -0.2) is 4.68 Å². The molecule has 2 N–H and O–H groups in total. The van der Waals surface area contributed by atoms with Gasteiger partial charge in [0.15, 0.2) is 0 Å². The Hall–Kier alpha value is -4.45. The number of benzene rings is 2. The molecule has 0 spiro atoms. The number of fused-ring (bicyclic) bond motifs is 3. The van der Waals surface area contributed by atoms with Crippen molar-refractivity contribution in [2.24, 2.45) is 0 Å². The summed E-state index contributed by atoms with van der Waals surface area (Å²) in [5, 5.41) is 11.5. The summed E-state index contributed by atoms with van der Waals surface area (Å²) in [7, 11) is 0. The highest BCUT2D eigenvalue weighted by Gasteiger charge is 2.30. The minimum absolute atomic E-state index is 0.0150. The largest absolute Gasteiger partial charge is 0.416 e. The van der Waals surface area contributed by atoms with Gasteiger partial charge in [0, 0.05) is 23.4 Å². The van der Waals surface area contributed by atoms with E-state index in [9.17, 15) is 27.6 Å². The topological polar surface area (TPSA) is 97.5 Å². The molecule has 0 atom stereocenters. The number of alkyl halides is 3. The van der Waals surface area contributed by atoms with Crippen molar-refractivity contribution in [1.82, 2.24) is 14.2 Å². The van der Waals surface area contributed by atoms with Crippen LogP contribution >= 0.6 is 11.3 Å². The van der Waals surface area contributed by atoms with Crippen molar-refractivity contribution in [1.29, 1.82) is 0 Å². The minimum atomic E-state index is -4.54. The molecule has 8 nitrogen and oxygen atoms in total. The van der Waals surface area contributed by atoms with Gasteiger partial charge in [0.05, 0.1) is 15.8 Å². The maximum absolute atomic E-state index is 13.1. The molecule has 0 aliphatic carbocycles. The number of rotatable bonds is 6. The number of nitrogens with zero attached hydrogens (tertiary/aromatic N) is 3. The van der Waals surface area contributed by atoms with Gasteiger partial charge in [-0.05, 0) is 60.3 Å². The Labute approximate surface area is 223 Å². The van der Waals surface area contributed by atoms with Crippen LogP contribution in [0.3, 0.4) is 0 Å². The monoisotopic (exact) mass is 553 g/mol. The number of amides is 2. The Bertz CT molecular complexity index is 1800. The Morgan fingerprint density at radius 3 is 2.56 bits per heavy atom. The van der Waals surface area contributed by atoms with Gasteiger partial charge in [0.1, 0.15) is 17.9 Å². The number of carbonyl (C=O) groups excluding carboxylic acids is 2. The minimum Gasteiger partial charge on any atom is -0.324 e. The first-order valence-electron chi connectivity index (χ1n) is 11.9. The van der Waals surface area contributed by atoms with Gasteiger partial charge in [-0.1, -0.05) is 19.1 Å². The maximum atomic E-state index is 13.1. The predicted octanol–water partition coefficient (Wildman–Crippen LogP) is 5.49. The van der Waals surface area contributed by atoms with Gasteiger partial charge in [0.2, 0.25) is 5.91 Å². The molecule has 0 aliphatic rings. The summed E-state index contributed by atoms with van der Waals surface area (Å²) in [6.45, 7) is 3.29. The van der Waals surface area contributed by atoms with Crippen LogP contribution in [0.1, 0.15) is 34.2 Å². The second kappa shape index (κ2) is 10.0. The van der Waals surface area contributed by atoms with E-state index in [0.29, 0.717) is 29.0 Å². The van der Waals surface area contributed by atoms with Crippen molar-refractivity contribution in [2.75, 3.05) is 10.6 Å². The lowest BCUT2D eigenvalue weighted by atomic mass is 10.1. The number of carbonyl (C=O) groups is 2. The molecule has 0 unspecified atom stereocenters. The smallest absolute Gasteiger partial charge is 0.324 e. The van der Waals surface area contributed by atoms with Crippen LogP contribution in [0.4, 0.5) is 24.5 Å². The van der Waals surface area contributed by atoms with E-state index in [4.69, 9.17) is 0 Å². The van der Waals surface area contributed by atoms with E-state index in [0.717, 1.165) is 27.0 Å². The number of halogens is 3. The van der Waals surface area contributed by atoms with E-state index in [2.05, 4.69) is 15.7 Å². The summed E-state index contributed by atoms with van der Waals surface area (Å²) < 4.78 is 42.9. The fourth-order valence-corrected chi connectivity index (χ4v) is 5.06. The maximum Gasteiger partial charge on any atom is 0.416 e. The second-order valence-electron chi connectivity index (χ2n) is 8.88. The lowest BCUT2D eigenvalue weighted by Crippen LogP contribution is -2.32. The average Bonchev–Trinajstić information content (AvgIpc) is 3.49. The van der Waals surface area contributed by atoms with E-state index in [1.54, 1.807) is 23.5 Å². The molecule has 200 valence electrons. The first-order chi connectivity index (χ1) is 18.5. The zero-order valence-electron chi connectivity index (χ0n) is 20.8. The van der Waals surface area contributed by atoms with Crippen LogP contribution in [0.5, 0.6) is 0 Å². The lowest BCUT2D eigenvalue weighted by molar-refractivity contribution is -0.137. The van der Waals surface area contributed by atoms with Crippen LogP contribution in [-0.4, -0.2) is 26.0 Å². The van der Waals surface area contributed by atoms with Crippen LogP contribution < -0.4 is 16.2 Å². The van der Waals surface area contributed by atoms with E-state index in [-0.39, 0.29) is 17.8 Å². The summed E-state index contributed by atoms with van der Waals surface area (Å²) in [5.41, 5.74) is 1.12. The molecule has 0 bridgehead atoms. The molecule has 3 aromatic heterocycles. The zero-order valence-corrected chi connectivity index (χ0v) is 21.6. The van der Waals surface area contributed by atoms with Crippen molar-refractivity contribution in [2.45, 2.75) is 33.0 Å². The number of hydrogen-bond donors (Lipinski definition) is 2. The second-order valence-corrected chi connectivity index (χ2v) is 9.83. The number of aromatic nitrogens is 3. The lowest BCUT2D eigenvalue weighted by Gasteiger charge is -2.13. The summed E-state index contributed by atoms with van der Waals surface area (Å²) in [4.78, 5) is 38.8. The molecule has 2 amide bonds. The third-order valence-electron chi connectivity index (χ3n) is 6.20. The van der Waals surface area contributed by atoms with Gasteiger partial charge in [-0.3, -0.25) is 18.8 Å². The highest BCUT2D eigenvalue weighted by Crippen LogP contribution is 2.31. The van der Waals surface area contributed by atoms with Crippen LogP contribution in [0.15, 0.2) is 64.8 Å². The first kappa shape index (κ1) is 26.2. The summed E-state index contributed by atoms with van der Waals surface area (Å²) in [6.07, 6.45) is -4.00. The molecule has 0 saturated heterocycles. The highest BCUT2D eigenvalue weighted by atomic mass is 32.1. The fourth-order valence-electron chi connectivity index (χ4n) is 4.26. The zero-order chi connectivity index (χ0) is 27.9. The molecular formula is C27H22F3N5O3S. The molecule has 5 rings (SSSR count). The summed E-state index contributed by atoms with van der Waals surface area (Å²) in [5.74, 6) is -0.535. The van der Waals surface area contributed by atoms with Crippen LogP contribution in [0.2, 0.25) is 0 Å². The molecule has 3 heterocycles. The van der Waals surface area contributed by atoms with E-state index < -0.39 is 29.1 Å². The fraction of sp³-hybridized carbons (Fsp3) is 0.185. The van der Waals surface area contributed by atoms with Crippen LogP contribution in [0.25, 0.3) is 15.7 Å². The van der Waals surface area contributed by atoms with Crippen molar-refractivity contribution >= 4 is 50.3 Å². The number of hydrogen-bond acceptors (Lipinski definition) is 5. The van der Waals surface area contributed by atoms with Gasteiger partial charge in [-0.2, -0.15) is 18.3 Å². The Morgan fingerprint density at radius 2 is 1.82 bits per heavy atom. The molecule has 0 saturated carbocycles. The standard InChI is InChI=1S/C27H22F3N5O3S/c1-3-23-33-34(26(38)21-13-22-20(35(21)23)9-10-39-22)14-24(36)32-19-11-16(8-7-15(19)2)25(37)31-18-6-4-5-17(12-18)27(28,29)30/h4-13H,3,14H2,1-2H3,(H,31,37)(H,32,36). The molecule has 0 radical (unpaired) electrons. The quantitative estimate of drug-likeness (QED) is 0.291. The van der Waals surface area contributed by atoms with Crippen molar-refractivity contribution in [3.05, 3.63) is 92.8 Å². The third kappa shape index (κ3) is 5.15. The van der Waals surface area contributed by atoms with Crippen LogP contribution in [0, 0.1) is 6.92 Å². The molecule has 12 heteroatoms. The molecule has 0 fully saturated rings. The molecule has 0 aliphatic heterocycles. The molecule has 2 aromatic carbocycles. The number of anilines is 2. The van der Waals surface area contributed by atoms with E-state index in [1.165, 1.54) is 35.6 Å². The Kier molecular flexibility index (Phi) is 6.73.